The molecule has 14 heavy (non-hydrogen) atoms. The summed E-state index contributed by atoms with van der Waals surface area (Å²) in [5.74, 6) is 0. The first-order valence-electron chi connectivity index (χ1n) is 3.89. The van der Waals surface area contributed by atoms with Gasteiger partial charge >= 0.3 is 16.7 Å². The van der Waals surface area contributed by atoms with E-state index < -0.39 is 16.7 Å². The Morgan fingerprint density at radius 2 is 1.79 bits per heavy atom. The van der Waals surface area contributed by atoms with Crippen LogP contribution in [0.4, 0.5) is 0 Å². The minimum Gasteiger partial charge on any atom is -0.162 e. The summed E-state index contributed by atoms with van der Waals surface area (Å²) < 4.78 is 18.8. The van der Waals surface area contributed by atoms with Gasteiger partial charge in [0.2, 0.25) is 0 Å². The van der Waals surface area contributed by atoms with Gasteiger partial charge in [0, 0.05) is 6.42 Å². The van der Waals surface area contributed by atoms with Gasteiger partial charge in [-0.1, -0.05) is 30.3 Å². The summed E-state index contributed by atoms with van der Waals surface area (Å²) in [4.78, 5) is 15.6. The van der Waals surface area contributed by atoms with Gasteiger partial charge in [-0.15, -0.1) is 0 Å². The molecule has 2 atom stereocenters. The smallest absolute Gasteiger partial charge is 0.162 e. The molecule has 0 heterocycles. The van der Waals surface area contributed by atoms with Gasteiger partial charge in [-0.3, -0.25) is 0 Å². The summed E-state index contributed by atoms with van der Waals surface area (Å²) in [6, 6.07) is 9.71. The molecule has 0 aliphatic rings. The first-order valence-corrected chi connectivity index (χ1v) is 6.14. The van der Waals surface area contributed by atoms with Gasteiger partial charge in [-0.25, -0.2) is 0 Å². The van der Waals surface area contributed by atoms with Crippen molar-refractivity contribution in [3.8, 4) is 0 Å². The summed E-state index contributed by atoms with van der Waals surface area (Å²) >= 11 is 0. The highest BCUT2D eigenvalue weighted by atomic mass is 31.1. The third-order valence-electron chi connectivity index (χ3n) is 1.43. The second kappa shape index (κ2) is 8.92. The molecule has 0 radical (unpaired) electrons. The molecule has 0 saturated heterocycles. The summed E-state index contributed by atoms with van der Waals surface area (Å²) in [6.45, 7) is 0. The SMILES string of the molecule is O=[P+](O)CCc1ccccc1.O=[PH+]O. The second-order valence-electron chi connectivity index (χ2n) is 2.40. The Hall–Kier alpha value is -0.660. The maximum atomic E-state index is 10.3. The number of rotatable bonds is 3. The van der Waals surface area contributed by atoms with Crippen molar-refractivity contribution in [1.82, 2.24) is 0 Å². The molecule has 0 saturated carbocycles. The lowest BCUT2D eigenvalue weighted by molar-refractivity contribution is 0.502. The van der Waals surface area contributed by atoms with Crippen molar-refractivity contribution in [2.45, 2.75) is 6.42 Å². The highest BCUT2D eigenvalue weighted by molar-refractivity contribution is 7.37. The fourth-order valence-corrected chi connectivity index (χ4v) is 1.32. The van der Waals surface area contributed by atoms with Gasteiger partial charge in [0.1, 0.15) is 0 Å². The highest BCUT2D eigenvalue weighted by Crippen LogP contribution is 2.14. The van der Waals surface area contributed by atoms with E-state index in [9.17, 15) is 4.57 Å². The molecule has 0 fully saturated rings. The molecule has 1 rings (SSSR count). The Kier molecular flexibility index (Phi) is 8.50. The molecular formula is C8H12O4P2+2. The van der Waals surface area contributed by atoms with Crippen molar-refractivity contribution in [1.29, 1.82) is 0 Å². The maximum absolute atomic E-state index is 10.3. The molecule has 76 valence electrons. The van der Waals surface area contributed by atoms with Crippen LogP contribution in [0.15, 0.2) is 30.3 Å². The van der Waals surface area contributed by atoms with Crippen LogP contribution < -0.4 is 0 Å². The molecule has 1 aromatic carbocycles. The Morgan fingerprint density at radius 1 is 1.29 bits per heavy atom. The number of hydrogen-bond donors (Lipinski definition) is 2. The zero-order chi connectivity index (χ0) is 10.8. The Balaban J connectivity index is 0.000000500. The van der Waals surface area contributed by atoms with Crippen LogP contribution in [0.2, 0.25) is 0 Å². The Morgan fingerprint density at radius 3 is 2.21 bits per heavy atom. The third kappa shape index (κ3) is 7.96. The molecule has 2 N–H and O–H groups in total. The van der Waals surface area contributed by atoms with Crippen LogP contribution in [-0.4, -0.2) is 15.9 Å². The van der Waals surface area contributed by atoms with Crippen LogP contribution in [-0.2, 0) is 15.6 Å². The molecular weight excluding hydrogens is 222 g/mol. The molecule has 0 bridgehead atoms. The molecule has 0 aliphatic carbocycles. The summed E-state index contributed by atoms with van der Waals surface area (Å²) in [6.07, 6.45) is 1.05. The topological polar surface area (TPSA) is 74.6 Å². The van der Waals surface area contributed by atoms with Crippen LogP contribution in [0.5, 0.6) is 0 Å². The van der Waals surface area contributed by atoms with Gasteiger partial charge in [0.15, 0.2) is 6.16 Å². The van der Waals surface area contributed by atoms with Gasteiger partial charge in [-0.2, -0.15) is 9.79 Å². The van der Waals surface area contributed by atoms with E-state index in [1.165, 1.54) is 0 Å². The first kappa shape index (κ1) is 13.3. The predicted molar refractivity (Wildman–Crippen MR) is 56.1 cm³/mol. The van der Waals surface area contributed by atoms with Crippen molar-refractivity contribution in [3.63, 3.8) is 0 Å². The van der Waals surface area contributed by atoms with E-state index in [4.69, 9.17) is 14.4 Å². The van der Waals surface area contributed by atoms with Crippen molar-refractivity contribution in [2.24, 2.45) is 0 Å². The van der Waals surface area contributed by atoms with E-state index in [1.54, 1.807) is 0 Å². The molecule has 4 nitrogen and oxygen atoms in total. The van der Waals surface area contributed by atoms with Crippen molar-refractivity contribution < 1.29 is 18.9 Å². The van der Waals surface area contributed by atoms with Gasteiger partial charge < -0.3 is 0 Å². The standard InChI is InChI=1S/C8H9O2P.HO2P/c9-11(10)7-6-8-4-2-1-3-5-8;1-3-2/h1-5H,6-7H2;3H/p+2. The molecule has 0 aromatic heterocycles. The number of aryl methyl sites for hydroxylation is 1. The fourth-order valence-electron chi connectivity index (χ4n) is 0.869. The van der Waals surface area contributed by atoms with E-state index in [-0.39, 0.29) is 0 Å². The predicted octanol–water partition coefficient (Wildman–Crippen LogP) is 1.88. The summed E-state index contributed by atoms with van der Waals surface area (Å²) in [5.41, 5.74) is 1.12. The number of benzene rings is 1. The van der Waals surface area contributed by atoms with E-state index in [1.807, 2.05) is 30.3 Å². The molecule has 2 unspecified atom stereocenters. The van der Waals surface area contributed by atoms with Crippen LogP contribution >= 0.6 is 16.7 Å². The van der Waals surface area contributed by atoms with Crippen LogP contribution in [0, 0.1) is 0 Å². The van der Waals surface area contributed by atoms with E-state index in [2.05, 4.69) is 0 Å². The lowest BCUT2D eigenvalue weighted by atomic mass is 10.2. The highest BCUT2D eigenvalue weighted by Gasteiger charge is 2.08. The zero-order valence-electron chi connectivity index (χ0n) is 7.46. The van der Waals surface area contributed by atoms with Gasteiger partial charge in [0.05, 0.1) is 0 Å². The first-order chi connectivity index (χ1) is 6.70. The van der Waals surface area contributed by atoms with Crippen molar-refractivity contribution in [2.75, 3.05) is 6.16 Å². The third-order valence-corrected chi connectivity index (χ3v) is 2.04. The van der Waals surface area contributed by atoms with Crippen molar-refractivity contribution in [3.05, 3.63) is 35.9 Å². The quantitative estimate of drug-likeness (QED) is 0.783. The zero-order valence-corrected chi connectivity index (χ0v) is 9.35. The Bertz CT molecular complexity index is 276. The van der Waals surface area contributed by atoms with E-state index >= 15 is 0 Å². The molecule has 0 spiro atoms. The van der Waals surface area contributed by atoms with Crippen LogP contribution in [0.1, 0.15) is 5.56 Å². The normalized spacial score (nSPS) is 10.3. The van der Waals surface area contributed by atoms with E-state index in [0.29, 0.717) is 12.6 Å². The molecule has 1 aromatic rings. The van der Waals surface area contributed by atoms with Gasteiger partial charge in [0.25, 0.3) is 0 Å². The summed E-state index contributed by atoms with van der Waals surface area (Å²) in [7, 11) is -3.14. The largest absolute Gasteiger partial charge is 0.505 e. The maximum Gasteiger partial charge on any atom is 0.505 e. The van der Waals surface area contributed by atoms with Crippen LogP contribution in [0.25, 0.3) is 0 Å². The average molecular weight is 234 g/mol. The molecule has 0 amide bonds. The van der Waals surface area contributed by atoms with Gasteiger partial charge in [-0.05, 0) is 14.7 Å². The van der Waals surface area contributed by atoms with Crippen LogP contribution in [0.3, 0.4) is 0 Å². The Labute approximate surface area is 84.8 Å². The van der Waals surface area contributed by atoms with Crippen molar-refractivity contribution >= 4 is 16.7 Å². The minimum absolute atomic E-state index is 0.360. The number of hydrogen-bond acceptors (Lipinski definition) is 2. The lowest BCUT2D eigenvalue weighted by Crippen LogP contribution is -1.86. The average Bonchev–Trinajstić information content (AvgIpc) is 2.18. The molecule has 0 aliphatic heterocycles. The van der Waals surface area contributed by atoms with E-state index in [0.717, 1.165) is 5.56 Å². The summed E-state index contributed by atoms with van der Waals surface area (Å²) in [5, 5.41) is 0. The minimum atomic E-state index is -1.97. The lowest BCUT2D eigenvalue weighted by Gasteiger charge is -1.91. The monoisotopic (exact) mass is 234 g/mol. The second-order valence-corrected chi connectivity index (χ2v) is 3.74. The molecule has 6 heteroatoms. The fraction of sp³-hybridized carbons (Fsp3) is 0.250.